The van der Waals surface area contributed by atoms with Crippen LogP contribution >= 0.6 is 15.9 Å². The molecule has 0 fully saturated rings. The summed E-state index contributed by atoms with van der Waals surface area (Å²) in [4.78, 5) is 0. The van der Waals surface area contributed by atoms with E-state index in [9.17, 15) is 0 Å². The van der Waals surface area contributed by atoms with Gasteiger partial charge in [0.25, 0.3) is 0 Å². The van der Waals surface area contributed by atoms with Crippen LogP contribution in [-0.2, 0) is 13.2 Å². The summed E-state index contributed by atoms with van der Waals surface area (Å²) in [5.41, 5.74) is 3.57. The zero-order valence-corrected chi connectivity index (χ0v) is 13.4. The molecule has 104 valence electrons. The topological polar surface area (TPSA) is 50.8 Å². The maximum atomic E-state index is 8.94. The first-order chi connectivity index (χ1) is 9.56. The third kappa shape index (κ3) is 2.86. The second-order valence-electron chi connectivity index (χ2n) is 4.54. The number of aromatic nitrogens is 2. The third-order valence-corrected chi connectivity index (χ3v) is 4.17. The molecule has 0 atom stereocenters. The molecular formula is C15H16BrN3O. The first-order valence-electron chi connectivity index (χ1n) is 6.42. The number of benzene rings is 1. The Morgan fingerprint density at radius 2 is 2.15 bits per heavy atom. The van der Waals surface area contributed by atoms with E-state index in [-0.39, 0.29) is 0 Å². The van der Waals surface area contributed by atoms with Gasteiger partial charge in [-0.1, -0.05) is 6.07 Å². The van der Waals surface area contributed by atoms with Gasteiger partial charge in [0.2, 0.25) is 0 Å². The number of hydrogen-bond acceptors (Lipinski definition) is 3. The fourth-order valence-electron chi connectivity index (χ4n) is 1.98. The van der Waals surface area contributed by atoms with E-state index in [4.69, 9.17) is 10.00 Å². The van der Waals surface area contributed by atoms with Gasteiger partial charge < -0.3 is 4.74 Å². The van der Waals surface area contributed by atoms with Gasteiger partial charge in [-0.3, -0.25) is 4.68 Å². The minimum absolute atomic E-state index is 0.422. The third-order valence-electron chi connectivity index (χ3n) is 3.13. The highest BCUT2D eigenvalue weighted by Crippen LogP contribution is 2.25. The normalized spacial score (nSPS) is 10.3. The van der Waals surface area contributed by atoms with Crippen LogP contribution in [0.4, 0.5) is 0 Å². The molecule has 0 unspecified atom stereocenters. The maximum Gasteiger partial charge on any atom is 0.131 e. The molecule has 1 aromatic carbocycles. The highest BCUT2D eigenvalue weighted by molar-refractivity contribution is 9.10. The van der Waals surface area contributed by atoms with Crippen LogP contribution in [0.15, 0.2) is 22.7 Å². The summed E-state index contributed by atoms with van der Waals surface area (Å²) in [5, 5.41) is 13.4. The van der Waals surface area contributed by atoms with Gasteiger partial charge >= 0.3 is 0 Å². The lowest BCUT2D eigenvalue weighted by Crippen LogP contribution is -2.07. The number of ether oxygens (including phenoxy) is 1. The van der Waals surface area contributed by atoms with E-state index >= 15 is 0 Å². The molecule has 0 aliphatic heterocycles. The molecule has 0 saturated heterocycles. The molecule has 2 rings (SSSR count). The van der Waals surface area contributed by atoms with Crippen molar-refractivity contribution in [3.8, 4) is 11.8 Å². The Morgan fingerprint density at radius 3 is 2.80 bits per heavy atom. The van der Waals surface area contributed by atoms with Crippen LogP contribution in [0.5, 0.6) is 5.75 Å². The SMILES string of the molecule is CCn1nc(C)c(Br)c1COc1cc(C#N)ccc1C. The van der Waals surface area contributed by atoms with Crippen molar-refractivity contribution in [1.29, 1.82) is 5.26 Å². The Morgan fingerprint density at radius 1 is 1.40 bits per heavy atom. The van der Waals surface area contributed by atoms with Crippen LogP contribution < -0.4 is 4.74 Å². The average molecular weight is 334 g/mol. The fraction of sp³-hybridized carbons (Fsp3) is 0.333. The molecule has 20 heavy (non-hydrogen) atoms. The number of nitrogens with zero attached hydrogens (tertiary/aromatic N) is 3. The van der Waals surface area contributed by atoms with Crippen LogP contribution in [0.1, 0.15) is 29.4 Å². The van der Waals surface area contributed by atoms with Gasteiger partial charge in [0, 0.05) is 6.54 Å². The molecule has 0 amide bonds. The van der Waals surface area contributed by atoms with E-state index in [0.717, 1.165) is 33.7 Å². The van der Waals surface area contributed by atoms with Gasteiger partial charge in [-0.15, -0.1) is 0 Å². The van der Waals surface area contributed by atoms with Crippen molar-refractivity contribution < 1.29 is 4.74 Å². The number of nitriles is 1. The Hall–Kier alpha value is -1.80. The molecule has 4 nitrogen and oxygen atoms in total. The summed E-state index contributed by atoms with van der Waals surface area (Å²) in [6, 6.07) is 7.57. The summed E-state index contributed by atoms with van der Waals surface area (Å²) in [6.07, 6.45) is 0. The first kappa shape index (κ1) is 14.6. The van der Waals surface area contributed by atoms with E-state index in [1.165, 1.54) is 0 Å². The number of rotatable bonds is 4. The van der Waals surface area contributed by atoms with Gasteiger partial charge in [0.05, 0.1) is 27.5 Å². The number of halogens is 1. The predicted molar refractivity (Wildman–Crippen MR) is 80.6 cm³/mol. The predicted octanol–water partition coefficient (Wildman–Crippen LogP) is 3.73. The average Bonchev–Trinajstić information content (AvgIpc) is 2.73. The largest absolute Gasteiger partial charge is 0.487 e. The molecule has 0 spiro atoms. The molecule has 0 aliphatic carbocycles. The van der Waals surface area contributed by atoms with E-state index in [1.807, 2.05) is 31.5 Å². The van der Waals surface area contributed by atoms with Crippen LogP contribution in [0.25, 0.3) is 0 Å². The monoisotopic (exact) mass is 333 g/mol. The van der Waals surface area contributed by atoms with Crippen LogP contribution in [0.3, 0.4) is 0 Å². The van der Waals surface area contributed by atoms with Crippen LogP contribution in [-0.4, -0.2) is 9.78 Å². The van der Waals surface area contributed by atoms with Crippen molar-refractivity contribution in [3.05, 3.63) is 45.2 Å². The van der Waals surface area contributed by atoms with Crippen molar-refractivity contribution in [2.75, 3.05) is 0 Å². The molecule has 0 aliphatic rings. The Bertz CT molecular complexity index is 670. The highest BCUT2D eigenvalue weighted by Gasteiger charge is 2.13. The summed E-state index contributed by atoms with van der Waals surface area (Å²) in [7, 11) is 0. The van der Waals surface area contributed by atoms with Crippen molar-refractivity contribution in [1.82, 2.24) is 9.78 Å². The van der Waals surface area contributed by atoms with E-state index in [0.29, 0.717) is 12.2 Å². The molecular weight excluding hydrogens is 318 g/mol. The van der Waals surface area contributed by atoms with Crippen molar-refractivity contribution in [2.45, 2.75) is 33.9 Å². The minimum atomic E-state index is 0.422. The zero-order valence-electron chi connectivity index (χ0n) is 11.8. The van der Waals surface area contributed by atoms with Gasteiger partial charge in [-0.05, 0) is 54.4 Å². The molecule has 1 aromatic heterocycles. The second kappa shape index (κ2) is 6.10. The molecule has 5 heteroatoms. The van der Waals surface area contributed by atoms with Gasteiger partial charge in [-0.2, -0.15) is 10.4 Å². The lowest BCUT2D eigenvalue weighted by Gasteiger charge is -2.11. The fourth-order valence-corrected chi connectivity index (χ4v) is 2.38. The second-order valence-corrected chi connectivity index (χ2v) is 5.34. The Balaban J connectivity index is 2.23. The maximum absolute atomic E-state index is 8.94. The Kier molecular flexibility index (Phi) is 4.46. The van der Waals surface area contributed by atoms with Crippen LogP contribution in [0, 0.1) is 25.2 Å². The number of hydrogen-bond donors (Lipinski definition) is 0. The van der Waals surface area contributed by atoms with E-state index in [2.05, 4.69) is 27.1 Å². The standard InChI is InChI=1S/C15H16BrN3O/c1-4-19-13(15(16)11(3)18-19)9-20-14-7-12(8-17)6-5-10(14)2/h5-7H,4,9H2,1-3H3. The Labute approximate surface area is 127 Å². The van der Waals surface area contributed by atoms with Crippen molar-refractivity contribution >= 4 is 15.9 Å². The lowest BCUT2D eigenvalue weighted by molar-refractivity contribution is 0.289. The summed E-state index contributed by atoms with van der Waals surface area (Å²) in [6.45, 7) is 7.19. The summed E-state index contributed by atoms with van der Waals surface area (Å²) >= 11 is 3.55. The minimum Gasteiger partial charge on any atom is -0.487 e. The molecule has 0 radical (unpaired) electrons. The van der Waals surface area contributed by atoms with E-state index in [1.54, 1.807) is 12.1 Å². The van der Waals surface area contributed by atoms with Crippen LogP contribution in [0.2, 0.25) is 0 Å². The summed E-state index contributed by atoms with van der Waals surface area (Å²) in [5.74, 6) is 0.734. The molecule has 2 aromatic rings. The molecule has 0 bridgehead atoms. The van der Waals surface area contributed by atoms with Gasteiger partial charge in [0.1, 0.15) is 12.4 Å². The zero-order chi connectivity index (χ0) is 14.7. The smallest absolute Gasteiger partial charge is 0.131 e. The number of aryl methyl sites for hydroxylation is 3. The summed E-state index contributed by atoms with van der Waals surface area (Å²) < 4.78 is 8.76. The first-order valence-corrected chi connectivity index (χ1v) is 7.21. The quantitative estimate of drug-likeness (QED) is 0.856. The highest BCUT2D eigenvalue weighted by atomic mass is 79.9. The van der Waals surface area contributed by atoms with E-state index < -0.39 is 0 Å². The lowest BCUT2D eigenvalue weighted by atomic mass is 10.1. The molecule has 0 N–H and O–H groups in total. The van der Waals surface area contributed by atoms with Gasteiger partial charge in [0.15, 0.2) is 0 Å². The van der Waals surface area contributed by atoms with Crippen molar-refractivity contribution in [3.63, 3.8) is 0 Å². The molecule has 1 heterocycles. The molecule has 0 saturated carbocycles. The van der Waals surface area contributed by atoms with Crippen molar-refractivity contribution in [2.24, 2.45) is 0 Å². The van der Waals surface area contributed by atoms with Gasteiger partial charge in [-0.25, -0.2) is 0 Å².